The number of hydrogen-bond donors (Lipinski definition) is 3. The topological polar surface area (TPSA) is 60.7 Å². The van der Waals surface area contributed by atoms with Crippen LogP contribution in [0.2, 0.25) is 0 Å². The van der Waals surface area contributed by atoms with Gasteiger partial charge in [0.1, 0.15) is 0 Å². The first-order valence-electron chi connectivity index (χ1n) is 17.6. The Hall–Kier alpha value is -0.120. The van der Waals surface area contributed by atoms with Crippen LogP contribution in [0.1, 0.15) is 121 Å². The molecule has 3 nitrogen and oxygen atoms in total. The van der Waals surface area contributed by atoms with Crippen LogP contribution in [0, 0.1) is 93.2 Å². The van der Waals surface area contributed by atoms with E-state index in [1.54, 1.807) is 0 Å². The molecule has 0 amide bonds. The quantitative estimate of drug-likeness (QED) is 0.328. The molecule has 0 spiro atoms. The third-order valence-electron chi connectivity index (χ3n) is 16.5. The second-order valence-electron chi connectivity index (χ2n) is 17.6. The smallest absolute Gasteiger partial charge is 0.0657 e. The van der Waals surface area contributed by atoms with Gasteiger partial charge in [-0.3, -0.25) is 0 Å². The lowest BCUT2D eigenvalue weighted by Gasteiger charge is -2.76. The van der Waals surface area contributed by atoms with Gasteiger partial charge in [0.2, 0.25) is 0 Å². The fourth-order valence-electron chi connectivity index (χ4n) is 13.7. The molecule has 0 saturated heterocycles. The molecule has 0 aliphatic heterocycles. The van der Waals surface area contributed by atoms with Crippen molar-refractivity contribution in [1.29, 1.82) is 0 Å². The zero-order chi connectivity index (χ0) is 29.7. The molecule has 0 aromatic heterocycles. The monoisotopic (exact) mass is 559 g/mol. The van der Waals surface area contributed by atoms with Gasteiger partial charge in [-0.05, 0) is 127 Å². The number of aliphatic hydroxyl groups is 3. The summed E-state index contributed by atoms with van der Waals surface area (Å²) in [5, 5.41) is 35.6. The van der Waals surface area contributed by atoms with Crippen molar-refractivity contribution in [2.45, 2.75) is 139 Å². The highest BCUT2D eigenvalue weighted by molar-refractivity contribution is 5.22. The Labute approximate surface area is 247 Å². The lowest BCUT2D eigenvalue weighted by atomic mass is 9.29. The maximum atomic E-state index is 12.6. The molecule has 0 heterocycles. The molecular formula is C37H66O3. The van der Waals surface area contributed by atoms with Gasteiger partial charge in [0.05, 0.1) is 18.3 Å². The van der Waals surface area contributed by atoms with Gasteiger partial charge in [0.15, 0.2) is 0 Å². The van der Waals surface area contributed by atoms with Crippen LogP contribution in [0.15, 0.2) is 0 Å². The first-order valence-corrected chi connectivity index (χ1v) is 17.6. The van der Waals surface area contributed by atoms with Crippen LogP contribution in [0.4, 0.5) is 0 Å². The van der Waals surface area contributed by atoms with Crippen LogP contribution in [0.25, 0.3) is 0 Å². The number of hydrogen-bond acceptors (Lipinski definition) is 3. The normalized spacial score (nSPS) is 59.5. The van der Waals surface area contributed by atoms with Crippen LogP contribution < -0.4 is 0 Å². The molecule has 5 rings (SSSR count). The molecule has 40 heavy (non-hydrogen) atoms. The highest BCUT2D eigenvalue weighted by atomic mass is 16.3. The summed E-state index contributed by atoms with van der Waals surface area (Å²) < 4.78 is 0. The SMILES string of the molecule is CC(C)C1CCC(C2CCC(C)C3C(O)C4C(C)C5(C)C(O)C(C(C)O)C(C)CC5(C)C(C)C4(C)C(C)C23)CC1. The Morgan fingerprint density at radius 3 is 1.88 bits per heavy atom. The third kappa shape index (κ3) is 4.04. The summed E-state index contributed by atoms with van der Waals surface area (Å²) in [5.74, 6) is 6.26. The van der Waals surface area contributed by atoms with Crippen LogP contribution >= 0.6 is 0 Å². The summed E-state index contributed by atoms with van der Waals surface area (Å²) in [7, 11) is 0. The minimum absolute atomic E-state index is 0.0236. The minimum Gasteiger partial charge on any atom is -0.393 e. The van der Waals surface area contributed by atoms with E-state index in [2.05, 4.69) is 69.2 Å². The maximum absolute atomic E-state index is 12.6. The second-order valence-corrected chi connectivity index (χ2v) is 17.6. The number of aliphatic hydroxyl groups excluding tert-OH is 3. The van der Waals surface area contributed by atoms with Crippen molar-refractivity contribution < 1.29 is 15.3 Å². The minimum atomic E-state index is -0.559. The molecule has 5 aliphatic rings. The van der Waals surface area contributed by atoms with E-state index in [0.717, 1.165) is 30.1 Å². The molecule has 3 N–H and O–H groups in total. The van der Waals surface area contributed by atoms with E-state index in [9.17, 15) is 15.3 Å². The molecule has 5 fully saturated rings. The van der Waals surface area contributed by atoms with Gasteiger partial charge < -0.3 is 15.3 Å². The van der Waals surface area contributed by atoms with Crippen LogP contribution in [-0.2, 0) is 0 Å². The highest BCUT2D eigenvalue weighted by Gasteiger charge is 2.74. The van der Waals surface area contributed by atoms with E-state index in [4.69, 9.17) is 0 Å². The van der Waals surface area contributed by atoms with Gasteiger partial charge in [-0.25, -0.2) is 0 Å². The third-order valence-corrected chi connectivity index (χ3v) is 16.5. The van der Waals surface area contributed by atoms with E-state index in [-0.39, 0.29) is 46.0 Å². The van der Waals surface area contributed by atoms with Gasteiger partial charge >= 0.3 is 0 Å². The predicted molar refractivity (Wildman–Crippen MR) is 165 cm³/mol. The summed E-state index contributed by atoms with van der Waals surface area (Å²) in [6.45, 7) is 26.2. The van der Waals surface area contributed by atoms with E-state index in [1.807, 2.05) is 6.92 Å². The molecule has 0 radical (unpaired) electrons. The van der Waals surface area contributed by atoms with Gasteiger partial charge in [0.25, 0.3) is 0 Å². The van der Waals surface area contributed by atoms with Crippen LogP contribution in [0.3, 0.4) is 0 Å². The van der Waals surface area contributed by atoms with Crippen LogP contribution in [0.5, 0.6) is 0 Å². The molecule has 0 aromatic rings. The molecule has 16 unspecified atom stereocenters. The van der Waals surface area contributed by atoms with Crippen molar-refractivity contribution in [2.75, 3.05) is 0 Å². The lowest BCUT2D eigenvalue weighted by Crippen LogP contribution is -2.75. The molecule has 3 heteroatoms. The van der Waals surface area contributed by atoms with Crippen molar-refractivity contribution in [3.63, 3.8) is 0 Å². The van der Waals surface area contributed by atoms with Crippen molar-refractivity contribution in [2.24, 2.45) is 93.2 Å². The highest BCUT2D eigenvalue weighted by Crippen LogP contribution is 2.76. The van der Waals surface area contributed by atoms with Gasteiger partial charge in [-0.2, -0.15) is 0 Å². The van der Waals surface area contributed by atoms with E-state index < -0.39 is 12.2 Å². The molecule has 0 aromatic carbocycles. The zero-order valence-corrected chi connectivity index (χ0v) is 28.0. The maximum Gasteiger partial charge on any atom is 0.0657 e. The average Bonchev–Trinajstić information content (AvgIpc) is 2.89. The predicted octanol–water partition coefficient (Wildman–Crippen LogP) is 8.06. The molecular weight excluding hydrogens is 492 g/mol. The summed E-state index contributed by atoms with van der Waals surface area (Å²) in [6, 6.07) is 0. The Bertz CT molecular complexity index is 907. The summed E-state index contributed by atoms with van der Waals surface area (Å²) in [6.07, 6.45) is 7.82. The molecule has 232 valence electrons. The van der Waals surface area contributed by atoms with Gasteiger partial charge in [-0.1, -0.05) is 75.7 Å². The van der Waals surface area contributed by atoms with Crippen molar-refractivity contribution in [1.82, 2.24) is 0 Å². The zero-order valence-electron chi connectivity index (χ0n) is 28.0. The largest absolute Gasteiger partial charge is 0.393 e. The van der Waals surface area contributed by atoms with E-state index >= 15 is 0 Å². The first-order chi connectivity index (χ1) is 18.5. The standard InChI is InChI=1S/C37H66O3/c1-19(2)26-13-15-27(16-14-26)28-17-12-20(3)30-31(28)22(5)36(10)25(8)35(9)18-21(4)29(24(7)38)34(40)37(35,11)23(6)32(36)33(30)39/h19-34,38-40H,12-18H2,1-11H3. The molecule has 16 atom stereocenters. The fraction of sp³-hybridized carbons (Fsp3) is 1.00. The van der Waals surface area contributed by atoms with Crippen molar-refractivity contribution >= 4 is 0 Å². The van der Waals surface area contributed by atoms with Crippen molar-refractivity contribution in [3.8, 4) is 0 Å². The Morgan fingerprint density at radius 1 is 0.725 bits per heavy atom. The van der Waals surface area contributed by atoms with Crippen LogP contribution in [-0.4, -0.2) is 33.6 Å². The number of fused-ring (bicyclic) bond motifs is 3. The molecule has 0 bridgehead atoms. The van der Waals surface area contributed by atoms with E-state index in [1.165, 1.54) is 38.5 Å². The second kappa shape index (κ2) is 10.5. The fourth-order valence-corrected chi connectivity index (χ4v) is 13.7. The Morgan fingerprint density at radius 2 is 1.32 bits per heavy atom. The first kappa shape index (κ1) is 31.3. The summed E-state index contributed by atoms with van der Waals surface area (Å²) in [4.78, 5) is 0. The number of rotatable bonds is 3. The van der Waals surface area contributed by atoms with Crippen molar-refractivity contribution in [3.05, 3.63) is 0 Å². The van der Waals surface area contributed by atoms with E-state index in [0.29, 0.717) is 29.6 Å². The molecule has 5 aliphatic carbocycles. The Kier molecular flexibility index (Phi) is 8.22. The summed E-state index contributed by atoms with van der Waals surface area (Å²) in [5.41, 5.74) is -0.367. The summed E-state index contributed by atoms with van der Waals surface area (Å²) >= 11 is 0. The Balaban J connectivity index is 1.55. The lowest BCUT2D eigenvalue weighted by molar-refractivity contribution is -0.318. The van der Waals surface area contributed by atoms with Gasteiger partial charge in [-0.15, -0.1) is 0 Å². The average molecular weight is 559 g/mol. The van der Waals surface area contributed by atoms with Gasteiger partial charge in [0, 0.05) is 11.3 Å². The molecule has 5 saturated carbocycles.